The summed E-state index contributed by atoms with van der Waals surface area (Å²) >= 11 is 0. The maximum absolute atomic E-state index is 13.1. The van der Waals surface area contributed by atoms with Crippen molar-refractivity contribution >= 4 is 40.8 Å². The van der Waals surface area contributed by atoms with E-state index in [2.05, 4.69) is 47.0 Å². The highest BCUT2D eigenvalue weighted by atomic mass is 16.1. The summed E-state index contributed by atoms with van der Waals surface area (Å²) in [6.07, 6.45) is 1.01. The predicted molar refractivity (Wildman–Crippen MR) is 161 cm³/mol. The monoisotopic (exact) mass is 531 g/mol. The number of amides is 1. The Morgan fingerprint density at radius 1 is 1.05 bits per heavy atom. The summed E-state index contributed by atoms with van der Waals surface area (Å²) in [6.45, 7) is 11.2. The first kappa shape index (κ1) is 28.1. The number of carbonyl (C=O) groups excluding carboxylic acids is 1. The molecule has 0 unspecified atom stereocenters. The van der Waals surface area contributed by atoms with E-state index in [4.69, 9.17) is 9.97 Å². The van der Waals surface area contributed by atoms with Crippen LogP contribution in [0.4, 0.5) is 34.9 Å². The van der Waals surface area contributed by atoms with Crippen molar-refractivity contribution in [3.63, 3.8) is 0 Å². The Bertz CT molecular complexity index is 1300. The lowest BCUT2D eigenvalue weighted by Gasteiger charge is -2.27. The third-order valence-corrected chi connectivity index (χ3v) is 6.44. The number of nitrogens with zero attached hydrogens (tertiary/aromatic N) is 5. The van der Waals surface area contributed by atoms with E-state index >= 15 is 0 Å². The highest BCUT2D eigenvalue weighted by Gasteiger charge is 2.20. The molecule has 1 saturated heterocycles. The standard InChI is InChI=1S/C29H41N9O/c1-19-11-12-20(25(39)31-21-9-8-10-23(16-21)37(5)6)15-24(19)33-27-34-26(32-22-13-14-30-17-22)35-28(36-27)38(7)18-29(2,3)4/h8-12,15-16,22,30H,13-14,17-18H2,1-7H3,(H,31,39)(H2,32,33,34,35,36)/t22-/m0/s1. The lowest BCUT2D eigenvalue weighted by atomic mass is 9.96. The SMILES string of the molecule is Cc1ccc(C(=O)Nc2cccc(N(C)C)c2)cc1Nc1nc(N[C@H]2CCNC2)nc(N(C)CC(C)(C)C)n1. The number of carbonyl (C=O) groups is 1. The van der Waals surface area contributed by atoms with Gasteiger partial charge < -0.3 is 31.1 Å². The fourth-order valence-electron chi connectivity index (χ4n) is 4.48. The summed E-state index contributed by atoms with van der Waals surface area (Å²) in [5.41, 5.74) is 4.09. The Kier molecular flexibility index (Phi) is 8.54. The molecule has 208 valence electrons. The van der Waals surface area contributed by atoms with Crippen molar-refractivity contribution in [3.8, 4) is 0 Å². The maximum atomic E-state index is 13.1. The van der Waals surface area contributed by atoms with Gasteiger partial charge >= 0.3 is 0 Å². The van der Waals surface area contributed by atoms with Gasteiger partial charge in [0, 0.05) is 62.9 Å². The molecule has 3 aromatic rings. The number of aromatic nitrogens is 3. The number of hydrogen-bond acceptors (Lipinski definition) is 9. The van der Waals surface area contributed by atoms with Crippen LogP contribution in [0.2, 0.25) is 0 Å². The van der Waals surface area contributed by atoms with Crippen LogP contribution in [-0.4, -0.2) is 67.7 Å². The zero-order chi connectivity index (χ0) is 28.2. The van der Waals surface area contributed by atoms with E-state index in [1.54, 1.807) is 0 Å². The molecule has 4 N–H and O–H groups in total. The van der Waals surface area contributed by atoms with E-state index in [-0.39, 0.29) is 17.4 Å². The molecule has 1 aromatic heterocycles. The molecule has 2 heterocycles. The molecular formula is C29H41N9O. The van der Waals surface area contributed by atoms with Crippen molar-refractivity contribution in [1.82, 2.24) is 20.3 Å². The average molecular weight is 532 g/mol. The molecule has 39 heavy (non-hydrogen) atoms. The molecule has 0 aliphatic carbocycles. The minimum absolute atomic E-state index is 0.0717. The first-order valence-corrected chi connectivity index (χ1v) is 13.4. The van der Waals surface area contributed by atoms with Crippen molar-refractivity contribution in [2.75, 3.05) is 66.5 Å². The average Bonchev–Trinajstić information content (AvgIpc) is 3.37. The van der Waals surface area contributed by atoms with Crippen molar-refractivity contribution in [2.45, 2.75) is 40.2 Å². The lowest BCUT2D eigenvalue weighted by Crippen LogP contribution is -2.31. The summed E-state index contributed by atoms with van der Waals surface area (Å²) < 4.78 is 0. The Morgan fingerprint density at radius 3 is 2.51 bits per heavy atom. The van der Waals surface area contributed by atoms with Gasteiger partial charge in [0.1, 0.15) is 0 Å². The number of benzene rings is 2. The molecule has 2 aromatic carbocycles. The van der Waals surface area contributed by atoms with Crippen molar-refractivity contribution in [2.24, 2.45) is 5.41 Å². The van der Waals surface area contributed by atoms with Gasteiger partial charge in [-0.2, -0.15) is 15.0 Å². The Balaban J connectivity index is 1.58. The molecule has 1 atom stereocenters. The molecule has 0 spiro atoms. The number of rotatable bonds is 9. The number of aryl methyl sites for hydroxylation is 1. The van der Waals surface area contributed by atoms with Crippen molar-refractivity contribution in [3.05, 3.63) is 53.6 Å². The zero-order valence-corrected chi connectivity index (χ0v) is 24.1. The minimum atomic E-state index is -0.189. The van der Waals surface area contributed by atoms with Gasteiger partial charge in [-0.05, 0) is 61.2 Å². The molecule has 0 saturated carbocycles. The van der Waals surface area contributed by atoms with Crippen molar-refractivity contribution in [1.29, 1.82) is 0 Å². The number of hydrogen-bond donors (Lipinski definition) is 4. The van der Waals surface area contributed by atoms with Gasteiger partial charge in [-0.1, -0.05) is 32.9 Å². The molecular weight excluding hydrogens is 490 g/mol. The fraction of sp³-hybridized carbons (Fsp3) is 0.448. The molecule has 1 fully saturated rings. The highest BCUT2D eigenvalue weighted by molar-refractivity contribution is 6.05. The Hall–Kier alpha value is -3.92. The number of anilines is 6. The van der Waals surface area contributed by atoms with Gasteiger partial charge in [-0.3, -0.25) is 4.79 Å². The Morgan fingerprint density at radius 2 is 1.82 bits per heavy atom. The highest BCUT2D eigenvalue weighted by Crippen LogP contribution is 2.25. The van der Waals surface area contributed by atoms with E-state index in [0.29, 0.717) is 23.4 Å². The molecule has 0 bridgehead atoms. The zero-order valence-electron chi connectivity index (χ0n) is 24.1. The van der Waals surface area contributed by atoms with Crippen LogP contribution in [0.1, 0.15) is 43.1 Å². The van der Waals surface area contributed by atoms with E-state index in [1.807, 2.05) is 80.3 Å². The second-order valence-electron chi connectivity index (χ2n) is 11.6. The molecule has 10 nitrogen and oxygen atoms in total. The molecule has 0 radical (unpaired) electrons. The summed E-state index contributed by atoms with van der Waals surface area (Å²) in [5.74, 6) is 1.35. The van der Waals surface area contributed by atoms with E-state index in [1.165, 1.54) is 0 Å². The van der Waals surface area contributed by atoms with Crippen LogP contribution in [0.5, 0.6) is 0 Å². The minimum Gasteiger partial charge on any atom is -0.378 e. The molecule has 1 aliphatic heterocycles. The van der Waals surface area contributed by atoms with Gasteiger partial charge in [-0.25, -0.2) is 0 Å². The van der Waals surface area contributed by atoms with E-state index in [0.717, 1.165) is 48.7 Å². The summed E-state index contributed by atoms with van der Waals surface area (Å²) in [5, 5.41) is 13.2. The smallest absolute Gasteiger partial charge is 0.255 e. The quantitative estimate of drug-likeness (QED) is 0.317. The molecule has 1 aliphatic rings. The van der Waals surface area contributed by atoms with Gasteiger partial charge in [-0.15, -0.1) is 0 Å². The largest absolute Gasteiger partial charge is 0.378 e. The van der Waals surface area contributed by atoms with Crippen LogP contribution in [-0.2, 0) is 0 Å². The van der Waals surface area contributed by atoms with Gasteiger partial charge in [0.25, 0.3) is 5.91 Å². The third kappa shape index (κ3) is 7.79. The summed E-state index contributed by atoms with van der Waals surface area (Å²) in [6, 6.07) is 13.6. The summed E-state index contributed by atoms with van der Waals surface area (Å²) in [4.78, 5) is 31.3. The number of nitrogens with one attached hydrogen (secondary N) is 4. The van der Waals surface area contributed by atoms with Crippen LogP contribution in [0.3, 0.4) is 0 Å². The first-order valence-electron chi connectivity index (χ1n) is 13.4. The maximum Gasteiger partial charge on any atom is 0.255 e. The second-order valence-corrected chi connectivity index (χ2v) is 11.6. The van der Waals surface area contributed by atoms with Crippen molar-refractivity contribution < 1.29 is 4.79 Å². The lowest BCUT2D eigenvalue weighted by molar-refractivity contribution is 0.102. The van der Waals surface area contributed by atoms with E-state index < -0.39 is 0 Å². The van der Waals surface area contributed by atoms with Gasteiger partial charge in [0.15, 0.2) is 0 Å². The normalized spacial score (nSPS) is 15.1. The van der Waals surface area contributed by atoms with Gasteiger partial charge in [0.05, 0.1) is 0 Å². The Labute approximate surface area is 231 Å². The summed E-state index contributed by atoms with van der Waals surface area (Å²) in [7, 11) is 5.93. The van der Waals surface area contributed by atoms with E-state index in [9.17, 15) is 4.79 Å². The van der Waals surface area contributed by atoms with Crippen LogP contribution in [0.15, 0.2) is 42.5 Å². The fourth-order valence-corrected chi connectivity index (χ4v) is 4.48. The van der Waals surface area contributed by atoms with Crippen LogP contribution in [0.25, 0.3) is 0 Å². The van der Waals surface area contributed by atoms with Crippen LogP contribution in [0, 0.1) is 12.3 Å². The first-order chi connectivity index (χ1) is 18.5. The van der Waals surface area contributed by atoms with Crippen LogP contribution >= 0.6 is 0 Å². The molecule has 10 heteroatoms. The second kappa shape index (κ2) is 11.9. The topological polar surface area (TPSA) is 110 Å². The molecule has 1 amide bonds. The predicted octanol–water partition coefficient (Wildman–Crippen LogP) is 4.50. The van der Waals surface area contributed by atoms with Gasteiger partial charge in [0.2, 0.25) is 17.8 Å². The molecule has 4 rings (SSSR count). The third-order valence-electron chi connectivity index (χ3n) is 6.44. The van der Waals surface area contributed by atoms with Crippen LogP contribution < -0.4 is 31.1 Å².